The first-order valence-electron chi connectivity index (χ1n) is 5.56. The van der Waals surface area contributed by atoms with Gasteiger partial charge in [0.05, 0.1) is 23.3 Å². The second kappa shape index (κ2) is 4.98. The Labute approximate surface area is 106 Å². The minimum Gasteiger partial charge on any atom is -0.347 e. The van der Waals surface area contributed by atoms with E-state index in [0.29, 0.717) is 5.82 Å². The van der Waals surface area contributed by atoms with Crippen LogP contribution in [0.1, 0.15) is 18.7 Å². The Morgan fingerprint density at radius 3 is 2.61 bits per heavy atom. The molecule has 1 aliphatic heterocycles. The SMILES string of the molecule is O=S1(=O)CCC(S(=O)(=O)NCc2ncc[nH]2)CC1. The molecule has 1 aromatic rings. The van der Waals surface area contributed by atoms with Crippen LogP contribution in [0.15, 0.2) is 12.4 Å². The summed E-state index contributed by atoms with van der Waals surface area (Å²) in [6.07, 6.45) is 3.47. The van der Waals surface area contributed by atoms with Crippen molar-refractivity contribution >= 4 is 19.9 Å². The molecule has 0 radical (unpaired) electrons. The average molecular weight is 293 g/mol. The molecule has 0 bridgehead atoms. The highest BCUT2D eigenvalue weighted by Gasteiger charge is 2.32. The summed E-state index contributed by atoms with van der Waals surface area (Å²) in [6, 6.07) is 0. The van der Waals surface area contributed by atoms with E-state index in [2.05, 4.69) is 14.7 Å². The van der Waals surface area contributed by atoms with E-state index in [9.17, 15) is 16.8 Å². The van der Waals surface area contributed by atoms with Crippen molar-refractivity contribution in [1.82, 2.24) is 14.7 Å². The van der Waals surface area contributed by atoms with Crippen LogP contribution in [0.2, 0.25) is 0 Å². The van der Waals surface area contributed by atoms with Crippen molar-refractivity contribution in [3.63, 3.8) is 0 Å². The molecule has 102 valence electrons. The molecule has 7 nitrogen and oxygen atoms in total. The van der Waals surface area contributed by atoms with Crippen LogP contribution in [0.4, 0.5) is 0 Å². The number of sulfonamides is 1. The lowest BCUT2D eigenvalue weighted by molar-refractivity contribution is 0.541. The molecule has 1 fully saturated rings. The Kier molecular flexibility index (Phi) is 3.74. The van der Waals surface area contributed by atoms with Crippen molar-refractivity contribution in [3.05, 3.63) is 18.2 Å². The zero-order valence-electron chi connectivity index (χ0n) is 9.66. The third-order valence-corrected chi connectivity index (χ3v) is 6.55. The van der Waals surface area contributed by atoms with Gasteiger partial charge in [0.1, 0.15) is 15.7 Å². The number of H-pyrrole nitrogens is 1. The lowest BCUT2D eigenvalue weighted by Gasteiger charge is -2.21. The smallest absolute Gasteiger partial charge is 0.214 e. The number of hydrogen-bond donors (Lipinski definition) is 2. The standard InChI is InChI=1S/C9H15N3O4S2/c13-17(14)5-1-8(2-6-17)18(15,16)12-7-9-10-3-4-11-9/h3-4,8,12H,1-2,5-7H2,(H,10,11). The molecule has 0 aromatic carbocycles. The topological polar surface area (TPSA) is 109 Å². The lowest BCUT2D eigenvalue weighted by Crippen LogP contribution is -2.39. The molecule has 0 spiro atoms. The molecule has 9 heteroatoms. The number of aromatic amines is 1. The van der Waals surface area contributed by atoms with Crippen LogP contribution >= 0.6 is 0 Å². The first-order chi connectivity index (χ1) is 8.39. The molecule has 0 unspecified atom stereocenters. The second-order valence-electron chi connectivity index (χ2n) is 4.25. The molecule has 0 saturated carbocycles. The van der Waals surface area contributed by atoms with Crippen LogP contribution in [0.25, 0.3) is 0 Å². The van der Waals surface area contributed by atoms with E-state index in [4.69, 9.17) is 0 Å². The van der Waals surface area contributed by atoms with E-state index in [0.717, 1.165) is 0 Å². The number of rotatable bonds is 4. The summed E-state index contributed by atoms with van der Waals surface area (Å²) in [4.78, 5) is 6.70. The Morgan fingerprint density at radius 2 is 2.06 bits per heavy atom. The van der Waals surface area contributed by atoms with Crippen LogP contribution in [-0.2, 0) is 26.4 Å². The third kappa shape index (κ3) is 3.30. The maximum absolute atomic E-state index is 11.9. The number of nitrogens with zero attached hydrogens (tertiary/aromatic N) is 1. The Morgan fingerprint density at radius 1 is 1.39 bits per heavy atom. The molecule has 1 aliphatic rings. The van der Waals surface area contributed by atoms with Gasteiger partial charge < -0.3 is 4.98 Å². The number of imidazole rings is 1. The van der Waals surface area contributed by atoms with Gasteiger partial charge in [-0.2, -0.15) is 0 Å². The second-order valence-corrected chi connectivity index (χ2v) is 8.60. The van der Waals surface area contributed by atoms with Gasteiger partial charge in [-0.3, -0.25) is 0 Å². The first kappa shape index (κ1) is 13.5. The predicted molar refractivity (Wildman–Crippen MR) is 66.0 cm³/mol. The summed E-state index contributed by atoms with van der Waals surface area (Å²) >= 11 is 0. The van der Waals surface area contributed by atoms with Crippen molar-refractivity contribution in [1.29, 1.82) is 0 Å². The number of aromatic nitrogens is 2. The van der Waals surface area contributed by atoms with Crippen LogP contribution < -0.4 is 4.72 Å². The fourth-order valence-corrected chi connectivity index (χ4v) is 5.08. The largest absolute Gasteiger partial charge is 0.347 e. The number of hydrogen-bond acceptors (Lipinski definition) is 5. The maximum atomic E-state index is 11.9. The summed E-state index contributed by atoms with van der Waals surface area (Å²) in [6.45, 7) is 0.0958. The molecule has 2 N–H and O–H groups in total. The molecule has 1 saturated heterocycles. The predicted octanol–water partition coefficient (Wildman–Crippen LogP) is -0.594. The van der Waals surface area contributed by atoms with Gasteiger partial charge in [-0.15, -0.1) is 0 Å². The van der Waals surface area contributed by atoms with Crippen molar-refractivity contribution < 1.29 is 16.8 Å². The Balaban J connectivity index is 1.95. The third-order valence-electron chi connectivity index (χ3n) is 2.94. The van der Waals surface area contributed by atoms with Crippen molar-refractivity contribution in [2.45, 2.75) is 24.6 Å². The molecule has 0 amide bonds. The number of sulfone groups is 1. The fourth-order valence-electron chi connectivity index (χ4n) is 1.86. The van der Waals surface area contributed by atoms with E-state index in [1.807, 2.05) is 0 Å². The minimum absolute atomic E-state index is 0.0562. The molecular formula is C9H15N3O4S2. The van der Waals surface area contributed by atoms with E-state index < -0.39 is 25.1 Å². The van der Waals surface area contributed by atoms with Gasteiger partial charge in [0.15, 0.2) is 0 Å². The van der Waals surface area contributed by atoms with Crippen LogP contribution in [0, 0.1) is 0 Å². The Hall–Kier alpha value is -0.930. The summed E-state index contributed by atoms with van der Waals surface area (Å²) in [5, 5.41) is -0.629. The molecule has 0 aliphatic carbocycles. The van der Waals surface area contributed by atoms with Gasteiger partial charge in [-0.1, -0.05) is 0 Å². The van der Waals surface area contributed by atoms with Crippen LogP contribution in [0.3, 0.4) is 0 Å². The van der Waals surface area contributed by atoms with Gasteiger partial charge >= 0.3 is 0 Å². The first-order valence-corrected chi connectivity index (χ1v) is 8.93. The zero-order chi connectivity index (χ0) is 13.2. The van der Waals surface area contributed by atoms with Gasteiger partial charge in [0.25, 0.3) is 0 Å². The molecule has 2 rings (SSSR count). The van der Waals surface area contributed by atoms with Crippen molar-refractivity contribution in [3.8, 4) is 0 Å². The van der Waals surface area contributed by atoms with Crippen molar-refractivity contribution in [2.75, 3.05) is 11.5 Å². The van der Waals surface area contributed by atoms with Gasteiger partial charge in [-0.25, -0.2) is 26.5 Å². The summed E-state index contributed by atoms with van der Waals surface area (Å²) in [5.74, 6) is 0.417. The maximum Gasteiger partial charge on any atom is 0.214 e. The van der Waals surface area contributed by atoms with Gasteiger partial charge in [0.2, 0.25) is 10.0 Å². The highest BCUT2D eigenvalue weighted by molar-refractivity contribution is 7.92. The van der Waals surface area contributed by atoms with Crippen LogP contribution in [-0.4, -0.2) is 43.6 Å². The highest BCUT2D eigenvalue weighted by Crippen LogP contribution is 2.18. The molecule has 2 heterocycles. The Bertz CT molecular complexity index is 578. The van der Waals surface area contributed by atoms with E-state index in [1.54, 1.807) is 6.20 Å². The lowest BCUT2D eigenvalue weighted by atomic mass is 10.2. The van der Waals surface area contributed by atoms with E-state index in [-0.39, 0.29) is 30.9 Å². The highest BCUT2D eigenvalue weighted by atomic mass is 32.2. The zero-order valence-corrected chi connectivity index (χ0v) is 11.3. The quantitative estimate of drug-likeness (QED) is 0.771. The summed E-state index contributed by atoms with van der Waals surface area (Å²) < 4.78 is 48.8. The average Bonchev–Trinajstić information content (AvgIpc) is 2.79. The fraction of sp³-hybridized carbons (Fsp3) is 0.667. The number of nitrogens with one attached hydrogen (secondary N) is 2. The summed E-state index contributed by atoms with van der Waals surface area (Å²) in [7, 11) is -6.53. The van der Waals surface area contributed by atoms with Crippen molar-refractivity contribution in [2.24, 2.45) is 0 Å². The van der Waals surface area contributed by atoms with Crippen LogP contribution in [0.5, 0.6) is 0 Å². The monoisotopic (exact) mass is 293 g/mol. The molecule has 1 aromatic heterocycles. The van der Waals surface area contributed by atoms with E-state index in [1.165, 1.54) is 6.20 Å². The normalized spacial score (nSPS) is 20.9. The molecular weight excluding hydrogens is 278 g/mol. The molecule has 0 atom stereocenters. The minimum atomic E-state index is -3.48. The van der Waals surface area contributed by atoms with Gasteiger partial charge in [-0.05, 0) is 12.8 Å². The van der Waals surface area contributed by atoms with E-state index >= 15 is 0 Å². The summed E-state index contributed by atoms with van der Waals surface area (Å²) in [5.41, 5.74) is 0. The molecule has 18 heavy (non-hydrogen) atoms. The van der Waals surface area contributed by atoms with Gasteiger partial charge in [0, 0.05) is 12.4 Å².